The zero-order valence-corrected chi connectivity index (χ0v) is 13.7. The second kappa shape index (κ2) is 7.04. The van der Waals surface area contributed by atoms with Crippen LogP contribution in [0, 0.1) is 0 Å². The summed E-state index contributed by atoms with van der Waals surface area (Å²) < 4.78 is 10.5. The Morgan fingerprint density at radius 3 is 2.71 bits per heavy atom. The van der Waals surface area contributed by atoms with Crippen LogP contribution in [0.2, 0.25) is 0 Å². The lowest BCUT2D eigenvalue weighted by Crippen LogP contribution is -2.24. The van der Waals surface area contributed by atoms with Crippen LogP contribution in [0.3, 0.4) is 0 Å². The lowest BCUT2D eigenvalue weighted by molar-refractivity contribution is -0.117. The maximum Gasteiger partial charge on any atom is 0.244 e. The molecule has 1 atom stereocenters. The number of carbonyl (C=O) groups is 1. The summed E-state index contributed by atoms with van der Waals surface area (Å²) in [6.45, 7) is 1.88. The van der Waals surface area contributed by atoms with E-state index >= 15 is 0 Å². The molecule has 0 bridgehead atoms. The van der Waals surface area contributed by atoms with Crippen molar-refractivity contribution in [1.29, 1.82) is 0 Å². The molecule has 122 valence electrons. The molecule has 2 aromatic carbocycles. The van der Waals surface area contributed by atoms with Crippen LogP contribution < -0.4 is 10.1 Å². The van der Waals surface area contributed by atoms with E-state index in [1.54, 1.807) is 25.5 Å². The zero-order valence-electron chi connectivity index (χ0n) is 13.7. The maximum atomic E-state index is 12.0. The minimum atomic E-state index is -0.166. The molecule has 1 N–H and O–H groups in total. The van der Waals surface area contributed by atoms with Crippen LogP contribution in [0.4, 0.5) is 0 Å². The van der Waals surface area contributed by atoms with Gasteiger partial charge in [0.25, 0.3) is 0 Å². The number of benzene rings is 2. The Morgan fingerprint density at radius 1 is 1.17 bits per heavy atom. The van der Waals surface area contributed by atoms with Gasteiger partial charge in [0.05, 0.1) is 19.4 Å². The minimum Gasteiger partial charge on any atom is -0.497 e. The number of rotatable bonds is 5. The maximum absolute atomic E-state index is 12.0. The van der Waals surface area contributed by atoms with Crippen molar-refractivity contribution in [2.75, 3.05) is 7.11 Å². The van der Waals surface area contributed by atoms with Gasteiger partial charge in [-0.15, -0.1) is 0 Å². The number of carbonyl (C=O) groups excluding carboxylic acids is 1. The van der Waals surface area contributed by atoms with Crippen LogP contribution in [0.15, 0.2) is 65.3 Å². The largest absolute Gasteiger partial charge is 0.497 e. The zero-order chi connectivity index (χ0) is 16.9. The summed E-state index contributed by atoms with van der Waals surface area (Å²) >= 11 is 0. The van der Waals surface area contributed by atoms with E-state index in [2.05, 4.69) is 5.32 Å². The molecular weight excluding hydrogens is 302 g/mol. The number of furan rings is 1. The minimum absolute atomic E-state index is 0.159. The fraction of sp³-hybridized carbons (Fsp3) is 0.150. The molecule has 1 heterocycles. The normalized spacial score (nSPS) is 12.4. The van der Waals surface area contributed by atoms with Gasteiger partial charge in [-0.05, 0) is 59.7 Å². The second-order valence-electron chi connectivity index (χ2n) is 5.55. The van der Waals surface area contributed by atoms with Gasteiger partial charge >= 0.3 is 0 Å². The molecular formula is C20H19NO3. The van der Waals surface area contributed by atoms with Crippen molar-refractivity contribution in [2.45, 2.75) is 13.0 Å². The molecule has 0 aliphatic carbocycles. The molecule has 1 aromatic heterocycles. The number of methoxy groups -OCH3 is 1. The summed E-state index contributed by atoms with van der Waals surface area (Å²) in [6.07, 6.45) is 4.93. The molecule has 0 aliphatic heterocycles. The quantitative estimate of drug-likeness (QED) is 0.712. The van der Waals surface area contributed by atoms with Crippen LogP contribution >= 0.6 is 0 Å². The summed E-state index contributed by atoms with van der Waals surface area (Å²) in [5.41, 5.74) is 0.966. The van der Waals surface area contributed by atoms with E-state index in [0.717, 1.165) is 27.8 Å². The fourth-order valence-electron chi connectivity index (χ4n) is 2.52. The van der Waals surface area contributed by atoms with Crippen LogP contribution in [0.1, 0.15) is 24.3 Å². The Kier molecular flexibility index (Phi) is 4.66. The number of hydrogen-bond donors (Lipinski definition) is 1. The number of amides is 1. The van der Waals surface area contributed by atoms with Crippen LogP contribution in [0.5, 0.6) is 5.75 Å². The van der Waals surface area contributed by atoms with Gasteiger partial charge in [0.1, 0.15) is 11.5 Å². The molecule has 24 heavy (non-hydrogen) atoms. The first-order chi connectivity index (χ1) is 11.7. The molecule has 0 spiro atoms. The van der Waals surface area contributed by atoms with E-state index in [1.165, 1.54) is 6.08 Å². The van der Waals surface area contributed by atoms with Gasteiger partial charge in [-0.2, -0.15) is 0 Å². The van der Waals surface area contributed by atoms with E-state index in [0.29, 0.717) is 0 Å². The van der Waals surface area contributed by atoms with Crippen molar-refractivity contribution in [3.05, 3.63) is 72.2 Å². The third kappa shape index (κ3) is 3.66. The molecule has 0 saturated heterocycles. The first kappa shape index (κ1) is 15.9. The van der Waals surface area contributed by atoms with Gasteiger partial charge in [0.15, 0.2) is 0 Å². The molecule has 0 fully saturated rings. The lowest BCUT2D eigenvalue weighted by Gasteiger charge is -2.09. The first-order valence-electron chi connectivity index (χ1n) is 7.75. The van der Waals surface area contributed by atoms with Crippen molar-refractivity contribution in [1.82, 2.24) is 5.32 Å². The highest BCUT2D eigenvalue weighted by molar-refractivity contribution is 5.93. The molecule has 0 unspecified atom stereocenters. The molecule has 0 radical (unpaired) electrons. The Morgan fingerprint density at radius 2 is 1.96 bits per heavy atom. The monoisotopic (exact) mass is 321 g/mol. The predicted octanol–water partition coefficient (Wildman–Crippen LogP) is 4.33. The van der Waals surface area contributed by atoms with Crippen molar-refractivity contribution in [2.24, 2.45) is 0 Å². The highest BCUT2D eigenvalue weighted by Crippen LogP contribution is 2.22. The van der Waals surface area contributed by atoms with Crippen LogP contribution in [-0.2, 0) is 4.79 Å². The van der Waals surface area contributed by atoms with Crippen molar-refractivity contribution >= 4 is 22.8 Å². The molecule has 3 rings (SSSR count). The van der Waals surface area contributed by atoms with E-state index in [1.807, 2.05) is 49.4 Å². The average Bonchev–Trinajstić information content (AvgIpc) is 3.14. The summed E-state index contributed by atoms with van der Waals surface area (Å²) in [4.78, 5) is 12.0. The third-order valence-corrected chi connectivity index (χ3v) is 3.83. The highest BCUT2D eigenvalue weighted by atomic mass is 16.5. The number of fused-ring (bicyclic) bond motifs is 1. The molecule has 3 aromatic rings. The van der Waals surface area contributed by atoms with Crippen molar-refractivity contribution in [3.63, 3.8) is 0 Å². The summed E-state index contributed by atoms with van der Waals surface area (Å²) in [5.74, 6) is 1.40. The molecule has 4 nitrogen and oxygen atoms in total. The number of hydrogen-bond acceptors (Lipinski definition) is 3. The van der Waals surface area contributed by atoms with E-state index in [9.17, 15) is 4.79 Å². The average molecular weight is 321 g/mol. The Balaban J connectivity index is 1.69. The van der Waals surface area contributed by atoms with Gasteiger partial charge in [-0.25, -0.2) is 0 Å². The predicted molar refractivity (Wildman–Crippen MR) is 94.8 cm³/mol. The molecule has 0 saturated carbocycles. The Labute approximate surface area is 140 Å². The van der Waals surface area contributed by atoms with E-state index in [-0.39, 0.29) is 11.9 Å². The Hall–Kier alpha value is -3.01. The summed E-state index contributed by atoms with van der Waals surface area (Å²) in [7, 11) is 1.65. The standard InChI is InChI=1S/C20H19NO3/c1-14(19-4-3-11-24-19)21-20(22)10-6-15-5-7-17-13-18(23-2)9-8-16(17)12-15/h3-14H,1-2H3,(H,21,22)/b10-6+/t14-/m0/s1. The topological polar surface area (TPSA) is 51.5 Å². The van der Waals surface area contributed by atoms with Crippen LogP contribution in [-0.4, -0.2) is 13.0 Å². The number of ether oxygens (including phenoxy) is 1. The first-order valence-corrected chi connectivity index (χ1v) is 7.75. The lowest BCUT2D eigenvalue weighted by atomic mass is 10.1. The Bertz CT molecular complexity index is 866. The molecule has 4 heteroatoms. The third-order valence-electron chi connectivity index (χ3n) is 3.83. The van der Waals surface area contributed by atoms with Crippen LogP contribution in [0.25, 0.3) is 16.8 Å². The van der Waals surface area contributed by atoms with Gasteiger partial charge in [0.2, 0.25) is 5.91 Å². The second-order valence-corrected chi connectivity index (χ2v) is 5.55. The smallest absolute Gasteiger partial charge is 0.244 e. The highest BCUT2D eigenvalue weighted by Gasteiger charge is 2.09. The summed E-state index contributed by atoms with van der Waals surface area (Å²) in [6, 6.07) is 15.4. The van der Waals surface area contributed by atoms with E-state index in [4.69, 9.17) is 9.15 Å². The SMILES string of the molecule is COc1ccc2cc(/C=C/C(=O)N[C@@H](C)c3ccco3)ccc2c1. The van der Waals surface area contributed by atoms with Crippen molar-refractivity contribution < 1.29 is 13.9 Å². The molecule has 1 amide bonds. The van der Waals surface area contributed by atoms with Gasteiger partial charge < -0.3 is 14.5 Å². The summed E-state index contributed by atoms with van der Waals surface area (Å²) in [5, 5.41) is 5.07. The van der Waals surface area contributed by atoms with Gasteiger partial charge in [-0.3, -0.25) is 4.79 Å². The van der Waals surface area contributed by atoms with E-state index < -0.39 is 0 Å². The fourth-order valence-corrected chi connectivity index (χ4v) is 2.52. The van der Waals surface area contributed by atoms with Crippen molar-refractivity contribution in [3.8, 4) is 5.75 Å². The number of nitrogens with one attached hydrogen (secondary N) is 1. The van der Waals surface area contributed by atoms with Gasteiger partial charge in [0, 0.05) is 6.08 Å². The molecule has 0 aliphatic rings. The van der Waals surface area contributed by atoms with Gasteiger partial charge in [-0.1, -0.05) is 18.2 Å².